The summed E-state index contributed by atoms with van der Waals surface area (Å²) < 4.78 is 35.8. The Labute approximate surface area is 99.8 Å². The van der Waals surface area contributed by atoms with E-state index in [9.17, 15) is 8.42 Å². The highest BCUT2D eigenvalue weighted by Gasteiger charge is 2.24. The molecule has 0 heterocycles. The molecule has 0 atom stereocenters. The molecular weight excluding hydrogens is 335 g/mol. The predicted molar refractivity (Wildman–Crippen MR) is 60.3 cm³/mol. The summed E-state index contributed by atoms with van der Waals surface area (Å²) in [7, 11) is -2.97. The Kier molecular flexibility index (Phi) is 3.48. The molecule has 0 radical (unpaired) electrons. The normalized spacial score (nSPS) is 10.8. The largest absolute Gasteiger partial charge is 0.489 e. The zero-order valence-electron chi connectivity index (χ0n) is 7.51. The summed E-state index contributed by atoms with van der Waals surface area (Å²) in [4.78, 5) is 2.53. The molecule has 0 fully saturated rings. The smallest absolute Gasteiger partial charge is 0.427 e. The number of hydrogen-bond acceptors (Lipinski definition) is 4. The number of methoxy groups -OCH3 is 1. The lowest BCUT2D eigenvalue weighted by molar-refractivity contribution is 0.416. The SMILES string of the molecule is COc1cc(I)c(S(=O)(=O)O)cc1[N+]#N. The quantitative estimate of drug-likeness (QED) is 0.505. The fraction of sp³-hybridized carbons (Fsp3) is 0.143. The van der Waals surface area contributed by atoms with Gasteiger partial charge in [-0.15, -0.1) is 0 Å². The summed E-state index contributed by atoms with van der Waals surface area (Å²) in [6.07, 6.45) is 0. The maximum atomic E-state index is 10.9. The van der Waals surface area contributed by atoms with Crippen LogP contribution in [0.3, 0.4) is 0 Å². The van der Waals surface area contributed by atoms with Crippen LogP contribution in [0.2, 0.25) is 0 Å². The molecule has 6 nitrogen and oxygen atoms in total. The van der Waals surface area contributed by atoms with Crippen molar-refractivity contribution >= 4 is 38.4 Å². The van der Waals surface area contributed by atoms with E-state index < -0.39 is 10.1 Å². The van der Waals surface area contributed by atoms with Crippen molar-refractivity contribution in [2.45, 2.75) is 4.90 Å². The number of ether oxygens (including phenoxy) is 1. The van der Waals surface area contributed by atoms with Crippen molar-refractivity contribution in [3.8, 4) is 5.75 Å². The Hall–Kier alpha value is -0.920. The third-order valence-corrected chi connectivity index (χ3v) is 3.77. The van der Waals surface area contributed by atoms with Crippen molar-refractivity contribution < 1.29 is 17.7 Å². The Morgan fingerprint density at radius 2 is 2.13 bits per heavy atom. The van der Waals surface area contributed by atoms with Gasteiger partial charge in [-0.2, -0.15) is 8.42 Å². The molecule has 1 aromatic carbocycles. The van der Waals surface area contributed by atoms with Crippen LogP contribution in [0.15, 0.2) is 17.0 Å². The second-order valence-corrected chi connectivity index (χ2v) is 5.08. The van der Waals surface area contributed by atoms with Crippen LogP contribution in [0.25, 0.3) is 4.98 Å². The van der Waals surface area contributed by atoms with Gasteiger partial charge >= 0.3 is 5.69 Å². The summed E-state index contributed by atoms with van der Waals surface area (Å²) >= 11 is 1.73. The summed E-state index contributed by atoms with van der Waals surface area (Å²) in [5, 5.41) is 8.60. The van der Waals surface area contributed by atoms with E-state index in [0.29, 0.717) is 0 Å². The van der Waals surface area contributed by atoms with Crippen molar-refractivity contribution in [1.82, 2.24) is 0 Å². The number of nitrogens with zero attached hydrogens (tertiary/aromatic N) is 2. The van der Waals surface area contributed by atoms with Crippen molar-refractivity contribution in [2.75, 3.05) is 7.11 Å². The fourth-order valence-electron chi connectivity index (χ4n) is 0.964. The van der Waals surface area contributed by atoms with Crippen molar-refractivity contribution in [3.63, 3.8) is 0 Å². The average molecular weight is 341 g/mol. The van der Waals surface area contributed by atoms with Gasteiger partial charge in [-0.05, 0) is 22.6 Å². The van der Waals surface area contributed by atoms with Crippen LogP contribution < -0.4 is 4.74 Å². The van der Waals surface area contributed by atoms with E-state index in [-0.39, 0.29) is 19.9 Å². The third-order valence-electron chi connectivity index (χ3n) is 1.62. The van der Waals surface area contributed by atoms with Crippen LogP contribution in [-0.2, 0) is 10.1 Å². The summed E-state index contributed by atoms with van der Waals surface area (Å²) in [6, 6.07) is 2.37. The average Bonchev–Trinajstić information content (AvgIpc) is 2.15. The van der Waals surface area contributed by atoms with Crippen molar-refractivity contribution in [2.24, 2.45) is 0 Å². The van der Waals surface area contributed by atoms with Gasteiger partial charge in [0, 0.05) is 9.64 Å². The van der Waals surface area contributed by atoms with E-state index in [1.807, 2.05) is 0 Å². The second kappa shape index (κ2) is 4.30. The van der Waals surface area contributed by atoms with Gasteiger partial charge in [0.15, 0.2) is 4.98 Å². The van der Waals surface area contributed by atoms with E-state index in [2.05, 4.69) is 4.98 Å². The number of hydrogen-bond donors (Lipinski definition) is 1. The lowest BCUT2D eigenvalue weighted by Crippen LogP contribution is -2.01. The maximum Gasteiger partial charge on any atom is 0.427 e. The highest BCUT2D eigenvalue weighted by Crippen LogP contribution is 2.33. The van der Waals surface area contributed by atoms with Gasteiger partial charge in [-0.3, -0.25) is 4.55 Å². The van der Waals surface area contributed by atoms with Crippen LogP contribution in [0, 0.1) is 8.96 Å². The van der Waals surface area contributed by atoms with Gasteiger partial charge in [-0.25, -0.2) is 0 Å². The van der Waals surface area contributed by atoms with Crippen molar-refractivity contribution in [3.05, 3.63) is 20.7 Å². The lowest BCUT2D eigenvalue weighted by atomic mass is 10.3. The predicted octanol–water partition coefficient (Wildman–Crippen LogP) is 2.03. The standard InChI is InChI=1S/C7H5IN2O4S/c1-14-6-2-4(8)7(15(11,12)13)3-5(6)10-9/h2-3H,1H3/p+1. The molecule has 0 amide bonds. The van der Waals surface area contributed by atoms with Crippen LogP contribution in [0.4, 0.5) is 5.69 Å². The van der Waals surface area contributed by atoms with E-state index in [4.69, 9.17) is 14.7 Å². The van der Waals surface area contributed by atoms with Gasteiger partial charge in [0.25, 0.3) is 10.1 Å². The summed E-state index contributed by atoms with van der Waals surface area (Å²) in [6.45, 7) is 0. The molecule has 0 unspecified atom stereocenters. The van der Waals surface area contributed by atoms with E-state index >= 15 is 0 Å². The molecule has 0 aliphatic carbocycles. The molecule has 0 bridgehead atoms. The Morgan fingerprint density at radius 1 is 1.53 bits per heavy atom. The number of halogens is 1. The molecule has 0 saturated carbocycles. The minimum atomic E-state index is -4.33. The van der Waals surface area contributed by atoms with E-state index in [1.54, 1.807) is 22.6 Å². The zero-order valence-corrected chi connectivity index (χ0v) is 10.5. The minimum Gasteiger partial charge on any atom is -0.489 e. The molecule has 0 saturated heterocycles. The van der Waals surface area contributed by atoms with Crippen molar-refractivity contribution in [1.29, 1.82) is 5.39 Å². The molecule has 0 aliphatic heterocycles. The van der Waals surface area contributed by atoms with Gasteiger partial charge in [0.2, 0.25) is 11.1 Å². The highest BCUT2D eigenvalue weighted by atomic mass is 127. The van der Waals surface area contributed by atoms with E-state index in [1.165, 1.54) is 13.2 Å². The maximum absolute atomic E-state index is 10.9. The minimum absolute atomic E-state index is 0.0643. The first-order chi connectivity index (χ1) is 6.90. The molecule has 0 aliphatic rings. The molecule has 1 N–H and O–H groups in total. The van der Waals surface area contributed by atoms with Crippen LogP contribution in [0.5, 0.6) is 5.75 Å². The summed E-state index contributed by atoms with van der Waals surface area (Å²) in [5.41, 5.74) is -0.0643. The number of rotatable bonds is 2. The lowest BCUT2D eigenvalue weighted by Gasteiger charge is -2.01. The van der Waals surface area contributed by atoms with Gasteiger partial charge in [0.1, 0.15) is 4.90 Å². The molecule has 80 valence electrons. The Morgan fingerprint density at radius 3 is 2.53 bits per heavy atom. The van der Waals surface area contributed by atoms with E-state index in [0.717, 1.165) is 6.07 Å². The Balaban J connectivity index is 3.55. The first-order valence-electron chi connectivity index (χ1n) is 3.60. The van der Waals surface area contributed by atoms with Gasteiger partial charge in [0.05, 0.1) is 13.2 Å². The van der Waals surface area contributed by atoms with Gasteiger partial charge in [-0.1, -0.05) is 0 Å². The second-order valence-electron chi connectivity index (χ2n) is 2.53. The molecule has 0 spiro atoms. The molecular formula is C7H6IN2O4S+. The molecule has 1 aromatic rings. The zero-order chi connectivity index (χ0) is 11.6. The first kappa shape index (κ1) is 12.2. The van der Waals surface area contributed by atoms with Crippen LogP contribution in [0.1, 0.15) is 0 Å². The number of benzene rings is 1. The summed E-state index contributed by atoms with van der Waals surface area (Å²) in [5.74, 6) is 0.217. The number of diazo groups is 1. The highest BCUT2D eigenvalue weighted by molar-refractivity contribution is 14.1. The third kappa shape index (κ3) is 2.55. The molecule has 1 rings (SSSR count). The van der Waals surface area contributed by atoms with Crippen LogP contribution >= 0.6 is 22.6 Å². The van der Waals surface area contributed by atoms with Gasteiger partial charge < -0.3 is 4.74 Å². The topological polar surface area (TPSA) is 91.8 Å². The fourth-order valence-corrected chi connectivity index (χ4v) is 2.80. The monoisotopic (exact) mass is 341 g/mol. The molecule has 0 aromatic heterocycles. The first-order valence-corrected chi connectivity index (χ1v) is 6.12. The Bertz CT molecular complexity index is 535. The molecule has 8 heteroatoms. The molecule has 15 heavy (non-hydrogen) atoms. The van der Waals surface area contributed by atoms with Crippen LogP contribution in [-0.4, -0.2) is 20.1 Å².